The third-order valence-corrected chi connectivity index (χ3v) is 4.65. The van der Waals surface area contributed by atoms with Gasteiger partial charge in [0.25, 0.3) is 0 Å². The molecule has 1 aliphatic rings. The van der Waals surface area contributed by atoms with Gasteiger partial charge in [-0.05, 0) is 49.1 Å². The van der Waals surface area contributed by atoms with Crippen LogP contribution in [-0.2, 0) is 6.54 Å². The SMILES string of the molecule is Cc1ccc(NCc2ccc(C3CC3C)o2)cc1Br. The van der Waals surface area contributed by atoms with Crippen LogP contribution in [0.25, 0.3) is 0 Å². The van der Waals surface area contributed by atoms with Gasteiger partial charge in [-0.1, -0.05) is 28.9 Å². The molecule has 1 saturated carbocycles. The van der Waals surface area contributed by atoms with Crippen LogP contribution in [0.5, 0.6) is 0 Å². The molecule has 19 heavy (non-hydrogen) atoms. The van der Waals surface area contributed by atoms with Gasteiger partial charge in [0.05, 0.1) is 6.54 Å². The van der Waals surface area contributed by atoms with E-state index in [-0.39, 0.29) is 0 Å². The highest BCUT2D eigenvalue weighted by Gasteiger charge is 2.36. The summed E-state index contributed by atoms with van der Waals surface area (Å²) in [5.41, 5.74) is 2.35. The standard InChI is InChI=1S/C16H18BrNO/c1-10-3-4-12(8-15(10)17)18-9-13-5-6-16(19-13)14-7-11(14)2/h3-6,8,11,14,18H,7,9H2,1-2H3. The van der Waals surface area contributed by atoms with Gasteiger partial charge >= 0.3 is 0 Å². The summed E-state index contributed by atoms with van der Waals surface area (Å²) in [7, 11) is 0. The van der Waals surface area contributed by atoms with Crippen LogP contribution >= 0.6 is 15.9 Å². The monoisotopic (exact) mass is 319 g/mol. The average molecular weight is 320 g/mol. The summed E-state index contributed by atoms with van der Waals surface area (Å²) in [6, 6.07) is 10.5. The zero-order valence-corrected chi connectivity index (χ0v) is 12.8. The Kier molecular flexibility index (Phi) is 3.40. The van der Waals surface area contributed by atoms with Gasteiger partial charge in [0, 0.05) is 16.1 Å². The highest BCUT2D eigenvalue weighted by atomic mass is 79.9. The lowest BCUT2D eigenvalue weighted by Gasteiger charge is -2.06. The van der Waals surface area contributed by atoms with E-state index in [2.05, 4.69) is 65.4 Å². The molecule has 2 aromatic rings. The number of hydrogen-bond acceptors (Lipinski definition) is 2. The van der Waals surface area contributed by atoms with E-state index in [0.29, 0.717) is 5.92 Å². The maximum Gasteiger partial charge on any atom is 0.123 e. The number of halogens is 1. The van der Waals surface area contributed by atoms with Crippen molar-refractivity contribution in [2.24, 2.45) is 5.92 Å². The molecule has 1 heterocycles. The second kappa shape index (κ2) is 5.04. The molecule has 1 N–H and O–H groups in total. The first-order valence-electron chi connectivity index (χ1n) is 6.72. The van der Waals surface area contributed by atoms with E-state index in [4.69, 9.17) is 4.42 Å². The number of nitrogens with one attached hydrogen (secondary N) is 1. The number of anilines is 1. The molecular weight excluding hydrogens is 302 g/mol. The van der Waals surface area contributed by atoms with Crippen LogP contribution in [0.1, 0.15) is 36.3 Å². The molecule has 1 fully saturated rings. The van der Waals surface area contributed by atoms with Gasteiger partial charge in [0.15, 0.2) is 0 Å². The fraction of sp³-hybridized carbons (Fsp3) is 0.375. The highest BCUT2D eigenvalue weighted by Crippen LogP contribution is 2.47. The predicted molar refractivity (Wildman–Crippen MR) is 81.4 cm³/mol. The Morgan fingerprint density at radius 3 is 2.79 bits per heavy atom. The second-order valence-electron chi connectivity index (χ2n) is 5.44. The second-order valence-corrected chi connectivity index (χ2v) is 6.30. The molecule has 0 aliphatic heterocycles. The fourth-order valence-electron chi connectivity index (χ4n) is 2.30. The van der Waals surface area contributed by atoms with Crippen molar-refractivity contribution in [2.45, 2.75) is 32.7 Å². The van der Waals surface area contributed by atoms with Gasteiger partial charge < -0.3 is 9.73 Å². The molecule has 0 bridgehead atoms. The third-order valence-electron chi connectivity index (χ3n) is 3.80. The Morgan fingerprint density at radius 2 is 2.11 bits per heavy atom. The number of hydrogen-bond donors (Lipinski definition) is 1. The molecule has 0 saturated heterocycles. The first-order chi connectivity index (χ1) is 9.13. The normalized spacial score (nSPS) is 21.4. The first-order valence-corrected chi connectivity index (χ1v) is 7.51. The summed E-state index contributed by atoms with van der Waals surface area (Å²) in [6.07, 6.45) is 1.27. The first kappa shape index (κ1) is 12.8. The molecule has 3 rings (SSSR count). The van der Waals surface area contributed by atoms with E-state index >= 15 is 0 Å². The van der Waals surface area contributed by atoms with Crippen molar-refractivity contribution < 1.29 is 4.42 Å². The van der Waals surface area contributed by atoms with E-state index in [1.165, 1.54) is 12.0 Å². The Bertz CT molecular complexity index is 590. The lowest BCUT2D eigenvalue weighted by molar-refractivity contribution is 0.468. The molecule has 2 nitrogen and oxygen atoms in total. The van der Waals surface area contributed by atoms with E-state index in [1.54, 1.807) is 0 Å². The van der Waals surface area contributed by atoms with Crippen molar-refractivity contribution in [2.75, 3.05) is 5.32 Å². The quantitative estimate of drug-likeness (QED) is 0.849. The van der Waals surface area contributed by atoms with Gasteiger partial charge in [-0.3, -0.25) is 0 Å². The molecule has 0 spiro atoms. The predicted octanol–water partition coefficient (Wildman–Crippen LogP) is 5.09. The molecule has 0 amide bonds. The zero-order valence-electron chi connectivity index (χ0n) is 11.2. The minimum Gasteiger partial charge on any atom is -0.464 e. The summed E-state index contributed by atoms with van der Waals surface area (Å²) in [4.78, 5) is 0. The van der Waals surface area contributed by atoms with E-state index < -0.39 is 0 Å². The van der Waals surface area contributed by atoms with E-state index in [0.717, 1.165) is 34.1 Å². The van der Waals surface area contributed by atoms with Crippen molar-refractivity contribution in [1.82, 2.24) is 0 Å². The van der Waals surface area contributed by atoms with Crippen LogP contribution in [0.15, 0.2) is 39.2 Å². The molecule has 1 aliphatic carbocycles. The van der Waals surface area contributed by atoms with Crippen LogP contribution in [0, 0.1) is 12.8 Å². The third kappa shape index (κ3) is 2.86. The van der Waals surface area contributed by atoms with Crippen LogP contribution < -0.4 is 5.32 Å². The number of furan rings is 1. The number of rotatable bonds is 4. The topological polar surface area (TPSA) is 25.2 Å². The molecule has 1 aromatic heterocycles. The van der Waals surface area contributed by atoms with Crippen LogP contribution in [0.2, 0.25) is 0 Å². The lowest BCUT2D eigenvalue weighted by atomic mass is 10.2. The van der Waals surface area contributed by atoms with E-state index in [1.807, 2.05) is 0 Å². The number of benzene rings is 1. The zero-order chi connectivity index (χ0) is 13.4. The van der Waals surface area contributed by atoms with Crippen LogP contribution in [-0.4, -0.2) is 0 Å². The minimum absolute atomic E-state index is 0.655. The van der Waals surface area contributed by atoms with Gasteiger partial charge in [-0.25, -0.2) is 0 Å². The summed E-state index contributed by atoms with van der Waals surface area (Å²) < 4.78 is 7.01. The highest BCUT2D eigenvalue weighted by molar-refractivity contribution is 9.10. The molecule has 1 aromatic carbocycles. The van der Waals surface area contributed by atoms with Crippen molar-refractivity contribution in [3.8, 4) is 0 Å². The molecule has 0 radical (unpaired) electrons. The Labute approximate surface area is 122 Å². The van der Waals surface area contributed by atoms with Gasteiger partial charge in [0.1, 0.15) is 11.5 Å². The van der Waals surface area contributed by atoms with Gasteiger partial charge in [-0.15, -0.1) is 0 Å². The molecule has 2 unspecified atom stereocenters. The summed E-state index contributed by atoms with van der Waals surface area (Å²) in [5, 5.41) is 3.39. The Morgan fingerprint density at radius 1 is 1.32 bits per heavy atom. The Hall–Kier alpha value is -1.22. The van der Waals surface area contributed by atoms with Crippen LogP contribution in [0.4, 0.5) is 5.69 Å². The van der Waals surface area contributed by atoms with Crippen molar-refractivity contribution in [3.63, 3.8) is 0 Å². The minimum atomic E-state index is 0.655. The largest absolute Gasteiger partial charge is 0.464 e. The average Bonchev–Trinajstić information content (AvgIpc) is 2.94. The van der Waals surface area contributed by atoms with Crippen LogP contribution in [0.3, 0.4) is 0 Å². The van der Waals surface area contributed by atoms with Gasteiger partial charge in [0.2, 0.25) is 0 Å². The summed E-state index contributed by atoms with van der Waals surface area (Å²) in [5.74, 6) is 3.60. The summed E-state index contributed by atoms with van der Waals surface area (Å²) in [6.45, 7) is 5.09. The van der Waals surface area contributed by atoms with E-state index in [9.17, 15) is 0 Å². The maximum atomic E-state index is 5.88. The molecule has 2 atom stereocenters. The smallest absolute Gasteiger partial charge is 0.123 e. The maximum absolute atomic E-state index is 5.88. The Balaban J connectivity index is 1.62. The molecular formula is C16H18BrNO. The van der Waals surface area contributed by atoms with Crippen molar-refractivity contribution in [1.29, 1.82) is 0 Å². The lowest BCUT2D eigenvalue weighted by Crippen LogP contribution is -1.98. The summed E-state index contributed by atoms with van der Waals surface area (Å²) >= 11 is 3.55. The number of aryl methyl sites for hydroxylation is 1. The van der Waals surface area contributed by atoms with Crippen molar-refractivity contribution >= 4 is 21.6 Å². The van der Waals surface area contributed by atoms with Gasteiger partial charge in [-0.2, -0.15) is 0 Å². The fourth-order valence-corrected chi connectivity index (χ4v) is 2.68. The molecule has 3 heteroatoms. The van der Waals surface area contributed by atoms with Crippen molar-refractivity contribution in [3.05, 3.63) is 51.9 Å². The molecule has 100 valence electrons.